The van der Waals surface area contributed by atoms with E-state index in [2.05, 4.69) is 10.5 Å². The second kappa shape index (κ2) is 11.3. The minimum atomic E-state index is -0.551. The van der Waals surface area contributed by atoms with E-state index in [4.69, 9.17) is 9.15 Å². The Kier molecular flexibility index (Phi) is 8.02. The molecule has 0 fully saturated rings. The summed E-state index contributed by atoms with van der Waals surface area (Å²) in [4.78, 5) is 24.7. The molecule has 0 aliphatic rings. The van der Waals surface area contributed by atoms with Crippen molar-refractivity contribution < 1.29 is 29.0 Å². The lowest BCUT2D eigenvalue weighted by molar-refractivity contribution is -0.113. The standard InChI is InChI=1S/C26H24N2O6/c1-17-14-18(7-11-22(17)30)6-10-21(29)16-20(27-28-26(32)24-4-3-13-34-24)9-5-19-8-12-23(31)25(15-19)33-2/h3-15,30-31H,16H2,1-2H3,(H,28,32)/b9-5+,10-6+,27-20+. The summed E-state index contributed by atoms with van der Waals surface area (Å²) in [6.45, 7) is 1.77. The summed E-state index contributed by atoms with van der Waals surface area (Å²) in [6.07, 6.45) is 7.61. The molecular weight excluding hydrogens is 436 g/mol. The topological polar surface area (TPSA) is 121 Å². The van der Waals surface area contributed by atoms with Crippen LogP contribution in [0.1, 0.15) is 33.7 Å². The first kappa shape index (κ1) is 24.1. The molecule has 0 bridgehead atoms. The van der Waals surface area contributed by atoms with Crippen LogP contribution < -0.4 is 10.2 Å². The maximum atomic E-state index is 12.6. The molecule has 34 heavy (non-hydrogen) atoms. The van der Waals surface area contributed by atoms with Crippen molar-refractivity contribution in [3.8, 4) is 17.2 Å². The summed E-state index contributed by atoms with van der Waals surface area (Å²) in [5.41, 5.74) is 4.84. The van der Waals surface area contributed by atoms with Gasteiger partial charge in [-0.25, -0.2) is 5.43 Å². The van der Waals surface area contributed by atoms with Crippen LogP contribution in [0.3, 0.4) is 0 Å². The van der Waals surface area contributed by atoms with Crippen molar-refractivity contribution in [2.45, 2.75) is 13.3 Å². The maximum Gasteiger partial charge on any atom is 0.307 e. The predicted octanol–water partition coefficient (Wildman–Crippen LogP) is 4.48. The number of benzene rings is 2. The van der Waals surface area contributed by atoms with E-state index in [1.54, 1.807) is 61.5 Å². The number of ether oxygens (including phenoxy) is 1. The van der Waals surface area contributed by atoms with Crippen LogP contribution in [0, 0.1) is 6.92 Å². The average molecular weight is 460 g/mol. The number of hydrazone groups is 1. The monoisotopic (exact) mass is 460 g/mol. The number of rotatable bonds is 9. The van der Waals surface area contributed by atoms with Gasteiger partial charge in [-0.1, -0.05) is 24.3 Å². The molecule has 3 N–H and O–H groups in total. The van der Waals surface area contributed by atoms with E-state index in [1.807, 2.05) is 0 Å². The minimum Gasteiger partial charge on any atom is -0.508 e. The summed E-state index contributed by atoms with van der Waals surface area (Å²) in [7, 11) is 1.44. The molecule has 1 amide bonds. The molecule has 1 heterocycles. The lowest BCUT2D eigenvalue weighted by Crippen LogP contribution is -2.19. The number of furan rings is 1. The highest BCUT2D eigenvalue weighted by Gasteiger charge is 2.09. The highest BCUT2D eigenvalue weighted by atomic mass is 16.5. The largest absolute Gasteiger partial charge is 0.508 e. The highest BCUT2D eigenvalue weighted by Crippen LogP contribution is 2.26. The van der Waals surface area contributed by atoms with Gasteiger partial charge in [0.2, 0.25) is 0 Å². The van der Waals surface area contributed by atoms with Gasteiger partial charge in [0, 0.05) is 0 Å². The number of carbonyl (C=O) groups is 2. The summed E-state index contributed by atoms with van der Waals surface area (Å²) < 4.78 is 10.2. The first-order chi connectivity index (χ1) is 16.4. The molecule has 0 aliphatic carbocycles. The number of phenolic OH excluding ortho intramolecular Hbond substituents is 2. The molecule has 174 valence electrons. The third-order valence-corrected chi connectivity index (χ3v) is 4.76. The fourth-order valence-corrected chi connectivity index (χ4v) is 2.92. The molecule has 1 aromatic heterocycles. The number of carbonyl (C=O) groups excluding carboxylic acids is 2. The minimum absolute atomic E-state index is 0.00374. The van der Waals surface area contributed by atoms with Crippen LogP contribution in [-0.4, -0.2) is 34.7 Å². The zero-order chi connectivity index (χ0) is 24.5. The molecular formula is C26H24N2O6. The lowest BCUT2D eigenvalue weighted by atomic mass is 10.1. The second-order valence-corrected chi connectivity index (χ2v) is 7.31. The van der Waals surface area contributed by atoms with Crippen molar-refractivity contribution in [1.29, 1.82) is 0 Å². The van der Waals surface area contributed by atoms with Crippen molar-refractivity contribution in [3.05, 3.63) is 89.4 Å². The number of methoxy groups -OCH3 is 1. The van der Waals surface area contributed by atoms with Gasteiger partial charge in [-0.05, 0) is 72.2 Å². The molecule has 0 radical (unpaired) electrons. The number of nitrogens with zero attached hydrogens (tertiary/aromatic N) is 1. The zero-order valence-electron chi connectivity index (χ0n) is 18.7. The third-order valence-electron chi connectivity index (χ3n) is 4.76. The zero-order valence-corrected chi connectivity index (χ0v) is 18.7. The summed E-state index contributed by atoms with van der Waals surface area (Å²) >= 11 is 0. The van der Waals surface area contributed by atoms with Crippen molar-refractivity contribution in [2.75, 3.05) is 7.11 Å². The number of ketones is 1. The molecule has 0 unspecified atom stereocenters. The number of amides is 1. The molecule has 8 nitrogen and oxygen atoms in total. The predicted molar refractivity (Wildman–Crippen MR) is 129 cm³/mol. The van der Waals surface area contributed by atoms with E-state index in [0.29, 0.717) is 22.6 Å². The van der Waals surface area contributed by atoms with E-state index in [0.717, 1.165) is 5.56 Å². The van der Waals surface area contributed by atoms with E-state index >= 15 is 0 Å². The van der Waals surface area contributed by atoms with Crippen LogP contribution in [0.5, 0.6) is 17.2 Å². The van der Waals surface area contributed by atoms with Crippen LogP contribution >= 0.6 is 0 Å². The van der Waals surface area contributed by atoms with Gasteiger partial charge in [-0.3, -0.25) is 9.59 Å². The van der Waals surface area contributed by atoms with E-state index in [-0.39, 0.29) is 29.5 Å². The van der Waals surface area contributed by atoms with E-state index < -0.39 is 5.91 Å². The summed E-state index contributed by atoms with van der Waals surface area (Å²) in [5.74, 6) is -0.223. The van der Waals surface area contributed by atoms with Gasteiger partial charge in [-0.15, -0.1) is 0 Å². The number of aromatic hydroxyl groups is 2. The van der Waals surface area contributed by atoms with Crippen LogP contribution in [-0.2, 0) is 4.79 Å². The molecule has 3 aromatic rings. The van der Waals surface area contributed by atoms with Gasteiger partial charge in [0.15, 0.2) is 23.0 Å². The van der Waals surface area contributed by atoms with Crippen molar-refractivity contribution in [2.24, 2.45) is 5.10 Å². The normalized spacial score (nSPS) is 11.8. The first-order valence-electron chi connectivity index (χ1n) is 10.3. The molecule has 0 spiro atoms. The Morgan fingerprint density at radius 2 is 1.74 bits per heavy atom. The van der Waals surface area contributed by atoms with Crippen LogP contribution in [0.15, 0.2) is 76.5 Å². The Hall–Kier alpha value is -4.59. The SMILES string of the molecule is COc1cc(/C=C/C(CC(=O)/C=C/c2ccc(O)c(C)c2)=N\NC(=O)c2ccco2)ccc1O. The second-order valence-electron chi connectivity index (χ2n) is 7.31. The number of hydrogen-bond acceptors (Lipinski definition) is 7. The van der Waals surface area contributed by atoms with Crippen LogP contribution in [0.25, 0.3) is 12.2 Å². The fourth-order valence-electron chi connectivity index (χ4n) is 2.92. The fraction of sp³-hybridized carbons (Fsp3) is 0.115. The molecule has 2 aromatic carbocycles. The van der Waals surface area contributed by atoms with Crippen molar-refractivity contribution in [3.63, 3.8) is 0 Å². The van der Waals surface area contributed by atoms with Gasteiger partial charge >= 0.3 is 5.91 Å². The molecule has 0 saturated carbocycles. The summed E-state index contributed by atoms with van der Waals surface area (Å²) in [5, 5.41) is 23.5. The Balaban J connectivity index is 1.78. The molecule has 0 saturated heterocycles. The molecule has 0 atom stereocenters. The molecule has 0 aliphatic heterocycles. The average Bonchev–Trinajstić information content (AvgIpc) is 3.37. The van der Waals surface area contributed by atoms with Gasteiger partial charge in [0.25, 0.3) is 0 Å². The third kappa shape index (κ3) is 6.70. The van der Waals surface area contributed by atoms with Gasteiger partial charge in [0.05, 0.1) is 25.5 Å². The first-order valence-corrected chi connectivity index (χ1v) is 10.3. The molecule has 8 heteroatoms. The highest BCUT2D eigenvalue weighted by molar-refractivity contribution is 6.13. The molecule has 3 rings (SSSR count). The Labute approximate surface area is 196 Å². The number of nitrogens with one attached hydrogen (secondary N) is 1. The summed E-state index contributed by atoms with van der Waals surface area (Å²) in [6, 6.07) is 12.9. The van der Waals surface area contributed by atoms with Gasteiger partial charge in [0.1, 0.15) is 5.75 Å². The van der Waals surface area contributed by atoms with Crippen LogP contribution in [0.4, 0.5) is 0 Å². The Bertz CT molecular complexity index is 1260. The van der Waals surface area contributed by atoms with Crippen molar-refractivity contribution in [1.82, 2.24) is 5.43 Å². The van der Waals surface area contributed by atoms with Crippen LogP contribution in [0.2, 0.25) is 0 Å². The number of allylic oxidation sites excluding steroid dienone is 2. The number of aryl methyl sites for hydroxylation is 1. The maximum absolute atomic E-state index is 12.6. The van der Waals surface area contributed by atoms with Crippen molar-refractivity contribution >= 4 is 29.6 Å². The quantitative estimate of drug-likeness (QED) is 0.246. The van der Waals surface area contributed by atoms with Gasteiger partial charge < -0.3 is 19.4 Å². The van der Waals surface area contributed by atoms with E-state index in [9.17, 15) is 19.8 Å². The number of phenols is 2. The Morgan fingerprint density at radius 1 is 1.03 bits per heavy atom. The Morgan fingerprint density at radius 3 is 2.41 bits per heavy atom. The van der Waals surface area contributed by atoms with E-state index in [1.165, 1.54) is 31.6 Å². The van der Waals surface area contributed by atoms with Gasteiger partial charge in [-0.2, -0.15) is 5.10 Å². The number of hydrogen-bond donors (Lipinski definition) is 3. The smallest absolute Gasteiger partial charge is 0.307 e. The lowest BCUT2D eigenvalue weighted by Gasteiger charge is -2.04.